The zero-order valence-corrected chi connectivity index (χ0v) is 18.1. The third-order valence-electron chi connectivity index (χ3n) is 5.17. The fourth-order valence-electron chi connectivity index (χ4n) is 3.69. The predicted octanol–water partition coefficient (Wildman–Crippen LogP) is 3.22. The fourth-order valence-corrected chi connectivity index (χ4v) is 3.96. The zero-order chi connectivity index (χ0) is 22.3. The summed E-state index contributed by atoms with van der Waals surface area (Å²) in [7, 11) is 1.93. The number of rotatable bonds is 4. The summed E-state index contributed by atoms with van der Waals surface area (Å²) >= 11 is 0. The number of amides is 1. The average Bonchev–Trinajstić information content (AvgIpc) is 2.71. The first-order valence-electron chi connectivity index (χ1n) is 9.74. The van der Waals surface area contributed by atoms with Crippen molar-refractivity contribution in [1.29, 1.82) is 0 Å². The summed E-state index contributed by atoms with van der Waals surface area (Å²) in [5.41, 5.74) is 0.143. The third-order valence-corrected chi connectivity index (χ3v) is 5.52. The number of pyridine rings is 1. The quantitative estimate of drug-likeness (QED) is 0.686. The molecule has 0 saturated carbocycles. The molecule has 4 rings (SSSR count). The lowest BCUT2D eigenvalue weighted by Gasteiger charge is -2.33. The van der Waals surface area contributed by atoms with Gasteiger partial charge in [-0.15, -0.1) is 0 Å². The minimum Gasteiger partial charge on any atom is -0.437 e. The van der Waals surface area contributed by atoms with Crippen molar-refractivity contribution in [3.8, 4) is 11.4 Å². The van der Waals surface area contributed by atoms with E-state index in [1.807, 2.05) is 21.1 Å². The Kier molecular flexibility index (Phi) is 5.74. The summed E-state index contributed by atoms with van der Waals surface area (Å²) in [5, 5.41) is 5.70. The zero-order valence-electron chi connectivity index (χ0n) is 16.9. The molecule has 4 heterocycles. The van der Waals surface area contributed by atoms with E-state index in [1.165, 1.54) is 12.1 Å². The number of aromatic nitrogens is 3. The van der Waals surface area contributed by atoms with E-state index in [0.717, 1.165) is 13.3 Å². The van der Waals surface area contributed by atoms with E-state index in [-0.39, 0.29) is 34.4 Å². The monoisotopic (exact) mass is 454 g/mol. The lowest BCUT2D eigenvalue weighted by molar-refractivity contribution is 0.0174. The van der Waals surface area contributed by atoms with Gasteiger partial charge in [-0.3, -0.25) is 5.32 Å². The highest BCUT2D eigenvalue weighted by Gasteiger charge is 2.36. The Balaban J connectivity index is 1.88. The number of anilines is 2. The van der Waals surface area contributed by atoms with Crippen LogP contribution in [0.2, 0.25) is 0 Å². The molecule has 2 aliphatic rings. The minimum atomic E-state index is -3.13. The SMILES string of the molecule is C[C@H]1CN(c2cc(C(C)(F)F)cc(-c3ncnc4c3[C@@H](C(F)P)OC(=O)N4)n2)CCN1. The number of hydrogen-bond donors (Lipinski definition) is 2. The van der Waals surface area contributed by atoms with Crippen LogP contribution in [0.25, 0.3) is 11.4 Å². The van der Waals surface area contributed by atoms with Crippen LogP contribution < -0.4 is 15.5 Å². The summed E-state index contributed by atoms with van der Waals surface area (Å²) in [6.45, 7) is 4.67. The normalized spacial score (nSPS) is 22.4. The average molecular weight is 454 g/mol. The summed E-state index contributed by atoms with van der Waals surface area (Å²) in [6.07, 6.45) is -1.01. The molecule has 1 fully saturated rings. The van der Waals surface area contributed by atoms with Crippen molar-refractivity contribution in [3.05, 3.63) is 29.6 Å². The molecule has 0 spiro atoms. The van der Waals surface area contributed by atoms with Gasteiger partial charge in [0.15, 0.2) is 12.0 Å². The Morgan fingerprint density at radius 2 is 2.13 bits per heavy atom. The second kappa shape index (κ2) is 8.20. The maximum atomic E-state index is 14.3. The highest BCUT2D eigenvalue weighted by Crippen LogP contribution is 2.41. The lowest BCUT2D eigenvalue weighted by Crippen LogP contribution is -2.49. The molecule has 1 saturated heterocycles. The van der Waals surface area contributed by atoms with Crippen molar-refractivity contribution in [2.75, 3.05) is 29.9 Å². The van der Waals surface area contributed by atoms with Crippen LogP contribution in [-0.2, 0) is 10.7 Å². The fraction of sp³-hybridized carbons (Fsp3) is 0.474. The van der Waals surface area contributed by atoms with E-state index in [0.29, 0.717) is 25.5 Å². The van der Waals surface area contributed by atoms with Gasteiger partial charge < -0.3 is 15.0 Å². The third kappa shape index (κ3) is 4.43. The molecule has 8 nitrogen and oxygen atoms in total. The smallest absolute Gasteiger partial charge is 0.413 e. The highest BCUT2D eigenvalue weighted by molar-refractivity contribution is 7.17. The summed E-state index contributed by atoms with van der Waals surface area (Å²) in [5.74, 6) is -4.36. The van der Waals surface area contributed by atoms with Gasteiger partial charge >= 0.3 is 6.09 Å². The lowest BCUT2D eigenvalue weighted by atomic mass is 10.0. The molecule has 0 radical (unpaired) electrons. The van der Waals surface area contributed by atoms with Gasteiger partial charge in [0.05, 0.1) is 11.3 Å². The number of carbonyl (C=O) groups excluding carboxylic acids is 1. The van der Waals surface area contributed by atoms with Gasteiger partial charge in [0, 0.05) is 38.2 Å². The van der Waals surface area contributed by atoms with Gasteiger partial charge in [0.1, 0.15) is 23.7 Å². The van der Waals surface area contributed by atoms with Crippen molar-refractivity contribution >= 4 is 27.0 Å². The largest absolute Gasteiger partial charge is 0.437 e. The van der Waals surface area contributed by atoms with Crippen molar-refractivity contribution in [3.63, 3.8) is 0 Å². The van der Waals surface area contributed by atoms with E-state index in [4.69, 9.17) is 4.74 Å². The molecular weight excluding hydrogens is 432 g/mol. The van der Waals surface area contributed by atoms with Gasteiger partial charge in [-0.2, -0.15) is 0 Å². The molecule has 2 aromatic heterocycles. The van der Waals surface area contributed by atoms with Crippen LogP contribution in [-0.4, -0.2) is 52.6 Å². The topological polar surface area (TPSA) is 92.3 Å². The van der Waals surface area contributed by atoms with Crippen LogP contribution in [0.3, 0.4) is 0 Å². The summed E-state index contributed by atoms with van der Waals surface area (Å²) in [4.78, 5) is 26.4. The van der Waals surface area contributed by atoms with Gasteiger partial charge in [-0.25, -0.2) is 32.9 Å². The molecule has 4 atom stereocenters. The van der Waals surface area contributed by atoms with Crippen molar-refractivity contribution in [1.82, 2.24) is 20.3 Å². The first-order chi connectivity index (χ1) is 14.6. The van der Waals surface area contributed by atoms with Gasteiger partial charge in [0.25, 0.3) is 5.92 Å². The molecule has 0 aromatic carbocycles. The molecule has 12 heteroatoms. The molecular formula is C19H22F3N6O2P. The Bertz CT molecular complexity index is 1000. The van der Waals surface area contributed by atoms with Gasteiger partial charge in [0.2, 0.25) is 0 Å². The maximum Gasteiger partial charge on any atom is 0.413 e. The van der Waals surface area contributed by atoms with Crippen molar-refractivity contribution in [2.45, 2.75) is 37.8 Å². The van der Waals surface area contributed by atoms with Crippen molar-refractivity contribution < 1.29 is 22.7 Å². The Morgan fingerprint density at radius 1 is 1.35 bits per heavy atom. The first kappa shape index (κ1) is 21.7. The number of halogens is 3. The second-order valence-corrected chi connectivity index (χ2v) is 8.31. The standard InChI is InChI=1S/C19H22F3N6O2P/c1-9-7-28(4-3-23-9)12-6-10(19(2,21)22)5-11(26-12)14-13-15(16(20)31)30-18(29)27-17(13)25-8-24-14/h5-6,8-9,15-16,23H,3-4,7,31H2,1-2H3,(H,24,25,27,29)/t9-,15-,16?/m0/s1. The molecule has 2 aromatic rings. The van der Waals surface area contributed by atoms with Gasteiger partial charge in [-0.1, -0.05) is 9.24 Å². The Labute approximate surface area is 179 Å². The molecule has 1 amide bonds. The Hall–Kier alpha value is -2.52. The van der Waals surface area contributed by atoms with Crippen LogP contribution in [0.4, 0.5) is 29.6 Å². The van der Waals surface area contributed by atoms with Crippen LogP contribution in [0, 0.1) is 0 Å². The molecule has 0 aliphatic carbocycles. The molecule has 166 valence electrons. The summed E-state index contributed by atoms with van der Waals surface area (Å²) < 4.78 is 48.0. The number of nitrogens with one attached hydrogen (secondary N) is 2. The second-order valence-electron chi connectivity index (χ2n) is 7.67. The van der Waals surface area contributed by atoms with E-state index in [2.05, 4.69) is 25.6 Å². The van der Waals surface area contributed by atoms with E-state index in [1.54, 1.807) is 0 Å². The van der Waals surface area contributed by atoms with Crippen LogP contribution in [0.1, 0.15) is 31.1 Å². The van der Waals surface area contributed by atoms with Crippen LogP contribution in [0.15, 0.2) is 18.5 Å². The van der Waals surface area contributed by atoms with Crippen molar-refractivity contribution in [2.24, 2.45) is 0 Å². The van der Waals surface area contributed by atoms with E-state index in [9.17, 15) is 18.0 Å². The van der Waals surface area contributed by atoms with Crippen LogP contribution in [0.5, 0.6) is 0 Å². The first-order valence-corrected chi connectivity index (χ1v) is 10.4. The maximum absolute atomic E-state index is 14.3. The van der Waals surface area contributed by atoms with E-state index >= 15 is 0 Å². The number of alkyl halides is 3. The Morgan fingerprint density at radius 3 is 2.81 bits per heavy atom. The number of hydrogen-bond acceptors (Lipinski definition) is 7. The molecule has 2 unspecified atom stereocenters. The number of ether oxygens (including phenoxy) is 1. The highest BCUT2D eigenvalue weighted by atomic mass is 31.0. The number of piperazine rings is 1. The molecule has 31 heavy (non-hydrogen) atoms. The molecule has 2 N–H and O–H groups in total. The van der Waals surface area contributed by atoms with Gasteiger partial charge in [-0.05, 0) is 19.1 Å². The number of fused-ring (bicyclic) bond motifs is 1. The van der Waals surface area contributed by atoms with Crippen LogP contribution >= 0.6 is 9.24 Å². The summed E-state index contributed by atoms with van der Waals surface area (Å²) in [6, 6.07) is 2.74. The minimum absolute atomic E-state index is 0.0594. The van der Waals surface area contributed by atoms with E-state index < -0.39 is 24.0 Å². The molecule has 2 aliphatic heterocycles. The molecule has 0 bridgehead atoms. The number of cyclic esters (lactones) is 1. The number of nitrogens with zero attached hydrogens (tertiary/aromatic N) is 4. The predicted molar refractivity (Wildman–Crippen MR) is 112 cm³/mol. The number of carbonyl (C=O) groups is 1.